The van der Waals surface area contributed by atoms with Crippen LogP contribution in [-0.2, 0) is 13.6 Å². The zero-order chi connectivity index (χ0) is 18.7. The predicted molar refractivity (Wildman–Crippen MR) is 102 cm³/mol. The van der Waals surface area contributed by atoms with Crippen molar-refractivity contribution >= 4 is 28.5 Å². The van der Waals surface area contributed by atoms with Crippen molar-refractivity contribution in [3.05, 3.63) is 75.3 Å². The third-order valence-corrected chi connectivity index (χ3v) is 4.34. The Hall–Kier alpha value is -2.86. The summed E-state index contributed by atoms with van der Waals surface area (Å²) >= 11 is 6.00. The van der Waals surface area contributed by atoms with Crippen LogP contribution in [0.4, 0.5) is 4.79 Å². The van der Waals surface area contributed by atoms with Crippen molar-refractivity contribution < 1.29 is 4.79 Å². The van der Waals surface area contributed by atoms with Gasteiger partial charge in [-0.2, -0.15) is 0 Å². The fourth-order valence-electron chi connectivity index (χ4n) is 2.74. The first-order valence-electron chi connectivity index (χ1n) is 8.20. The second kappa shape index (κ2) is 7.58. The predicted octanol–water partition coefficient (Wildman–Crippen LogP) is 3.15. The van der Waals surface area contributed by atoms with Crippen LogP contribution >= 0.6 is 11.6 Å². The number of aromatic nitrogens is 2. The first-order chi connectivity index (χ1) is 12.5. The van der Waals surface area contributed by atoms with Crippen LogP contribution in [0.25, 0.3) is 10.9 Å². The molecule has 2 aromatic carbocycles. The minimum atomic E-state index is -0.452. The van der Waals surface area contributed by atoms with Gasteiger partial charge in [0.15, 0.2) is 0 Å². The van der Waals surface area contributed by atoms with Gasteiger partial charge in [0, 0.05) is 18.6 Å². The minimum Gasteiger partial charge on any atom is -0.334 e. The zero-order valence-electron chi connectivity index (χ0n) is 14.5. The number of nitrogens with one attached hydrogen (secondary N) is 2. The van der Waals surface area contributed by atoms with E-state index in [-0.39, 0.29) is 11.6 Å². The van der Waals surface area contributed by atoms with Crippen LogP contribution in [0.2, 0.25) is 5.02 Å². The van der Waals surface area contributed by atoms with Crippen molar-refractivity contribution in [3.63, 3.8) is 0 Å². The lowest BCUT2D eigenvalue weighted by Crippen LogP contribution is -2.38. The molecule has 6 nitrogen and oxygen atoms in total. The second-order valence-corrected chi connectivity index (χ2v) is 6.47. The lowest BCUT2D eigenvalue weighted by atomic mass is 10.2. The number of hydrogen-bond acceptors (Lipinski definition) is 3. The number of carbonyl (C=O) groups excluding carboxylic acids is 1. The molecule has 0 aliphatic carbocycles. The van der Waals surface area contributed by atoms with Crippen LogP contribution in [0.5, 0.6) is 0 Å². The summed E-state index contributed by atoms with van der Waals surface area (Å²) in [5.74, 6) is 0.458. The van der Waals surface area contributed by atoms with Crippen molar-refractivity contribution in [2.75, 3.05) is 0 Å². The first-order valence-corrected chi connectivity index (χ1v) is 8.58. The van der Waals surface area contributed by atoms with Gasteiger partial charge in [0.1, 0.15) is 5.82 Å². The fourth-order valence-corrected chi connectivity index (χ4v) is 2.91. The molecule has 1 heterocycles. The molecule has 0 fully saturated rings. The maximum absolute atomic E-state index is 12.5. The Balaban J connectivity index is 1.76. The van der Waals surface area contributed by atoms with Crippen molar-refractivity contribution in [3.8, 4) is 0 Å². The fraction of sp³-hybridized carbons (Fsp3) is 0.211. The maximum Gasteiger partial charge on any atom is 0.315 e. The number of urea groups is 1. The summed E-state index contributed by atoms with van der Waals surface area (Å²) in [6, 6.07) is 13.8. The lowest BCUT2D eigenvalue weighted by Gasteiger charge is -2.17. The summed E-state index contributed by atoms with van der Waals surface area (Å²) < 4.78 is 1.44. The molecule has 3 aromatic rings. The average Bonchev–Trinajstić information content (AvgIpc) is 2.63. The van der Waals surface area contributed by atoms with Crippen molar-refractivity contribution in [1.29, 1.82) is 0 Å². The summed E-state index contributed by atoms with van der Waals surface area (Å²) in [6.45, 7) is 2.19. The zero-order valence-corrected chi connectivity index (χ0v) is 15.2. The molecule has 0 bridgehead atoms. The van der Waals surface area contributed by atoms with E-state index in [0.717, 1.165) is 5.56 Å². The van der Waals surface area contributed by atoms with Gasteiger partial charge in [-0.05, 0) is 30.7 Å². The molecule has 2 amide bonds. The number of halogens is 1. The number of nitrogens with zero attached hydrogens (tertiary/aromatic N) is 2. The molecule has 0 radical (unpaired) electrons. The third-order valence-electron chi connectivity index (χ3n) is 4.10. The third kappa shape index (κ3) is 3.86. The minimum absolute atomic E-state index is 0.181. The van der Waals surface area contributed by atoms with Gasteiger partial charge in [-0.1, -0.05) is 41.9 Å². The SMILES string of the molecule is C[C@@H](NC(=O)NCc1ccccc1)c1nc2cc(Cl)ccc2c(=O)n1C. The Morgan fingerprint density at radius 1 is 1.23 bits per heavy atom. The monoisotopic (exact) mass is 370 g/mol. The molecule has 26 heavy (non-hydrogen) atoms. The molecule has 0 aliphatic rings. The molecule has 0 aliphatic heterocycles. The van der Waals surface area contributed by atoms with Gasteiger partial charge in [-0.3, -0.25) is 9.36 Å². The number of rotatable bonds is 4. The quantitative estimate of drug-likeness (QED) is 0.740. The maximum atomic E-state index is 12.5. The molecule has 1 aromatic heterocycles. The summed E-state index contributed by atoms with van der Waals surface area (Å²) in [5.41, 5.74) is 1.33. The molecule has 7 heteroatoms. The topological polar surface area (TPSA) is 76.0 Å². The normalized spacial score (nSPS) is 12.0. The van der Waals surface area contributed by atoms with E-state index in [9.17, 15) is 9.59 Å². The number of amides is 2. The second-order valence-electron chi connectivity index (χ2n) is 6.03. The van der Waals surface area contributed by atoms with Crippen molar-refractivity contribution in [2.45, 2.75) is 19.5 Å². The number of benzene rings is 2. The van der Waals surface area contributed by atoms with Gasteiger partial charge in [-0.15, -0.1) is 0 Å². The molecule has 1 atom stereocenters. The highest BCUT2D eigenvalue weighted by Crippen LogP contribution is 2.17. The van der Waals surface area contributed by atoms with Crippen LogP contribution in [0.3, 0.4) is 0 Å². The average molecular weight is 371 g/mol. The molecule has 0 spiro atoms. The summed E-state index contributed by atoms with van der Waals surface area (Å²) in [4.78, 5) is 29.2. The molecule has 134 valence electrons. The summed E-state index contributed by atoms with van der Waals surface area (Å²) in [5, 5.41) is 6.59. The van der Waals surface area contributed by atoms with Crippen LogP contribution < -0.4 is 16.2 Å². The summed E-state index contributed by atoms with van der Waals surface area (Å²) in [7, 11) is 1.64. The molecular weight excluding hydrogens is 352 g/mol. The first kappa shape index (κ1) is 17.9. The Morgan fingerprint density at radius 3 is 2.69 bits per heavy atom. The van der Waals surface area contributed by atoms with E-state index >= 15 is 0 Å². The van der Waals surface area contributed by atoms with Crippen LogP contribution in [0.15, 0.2) is 53.3 Å². The summed E-state index contributed by atoms with van der Waals surface area (Å²) in [6.07, 6.45) is 0. The van der Waals surface area contributed by atoms with Gasteiger partial charge < -0.3 is 10.6 Å². The van der Waals surface area contributed by atoms with Crippen LogP contribution in [-0.4, -0.2) is 15.6 Å². The van der Waals surface area contributed by atoms with Gasteiger partial charge in [0.25, 0.3) is 5.56 Å². The van der Waals surface area contributed by atoms with E-state index in [2.05, 4.69) is 15.6 Å². The van der Waals surface area contributed by atoms with E-state index in [1.165, 1.54) is 4.57 Å². The lowest BCUT2D eigenvalue weighted by molar-refractivity contribution is 0.237. The Bertz CT molecular complexity index is 1000. The highest BCUT2D eigenvalue weighted by molar-refractivity contribution is 6.31. The molecular formula is C19H19ClN4O2. The smallest absolute Gasteiger partial charge is 0.315 e. The van der Waals surface area contributed by atoms with Gasteiger partial charge in [0.05, 0.1) is 16.9 Å². The van der Waals surface area contributed by atoms with E-state index in [4.69, 9.17) is 11.6 Å². The van der Waals surface area contributed by atoms with Crippen LogP contribution in [0, 0.1) is 0 Å². The van der Waals surface area contributed by atoms with Crippen molar-refractivity contribution in [1.82, 2.24) is 20.2 Å². The number of hydrogen-bond donors (Lipinski definition) is 2. The molecule has 3 rings (SSSR count). The standard InChI is InChI=1S/C19H19ClN4O2/c1-12(22-19(26)21-11-13-6-4-3-5-7-13)17-23-16-10-14(20)8-9-15(16)18(25)24(17)2/h3-10,12H,11H2,1-2H3,(H2,21,22,26)/t12-/m1/s1. The van der Waals surface area contributed by atoms with E-state index in [0.29, 0.717) is 28.3 Å². The molecule has 0 unspecified atom stereocenters. The molecule has 0 saturated carbocycles. The number of carbonyl (C=O) groups is 1. The Kier molecular flexibility index (Phi) is 5.23. The molecule has 2 N–H and O–H groups in total. The van der Waals surface area contributed by atoms with E-state index in [1.807, 2.05) is 30.3 Å². The van der Waals surface area contributed by atoms with Gasteiger partial charge in [0.2, 0.25) is 0 Å². The van der Waals surface area contributed by atoms with Gasteiger partial charge in [-0.25, -0.2) is 9.78 Å². The van der Waals surface area contributed by atoms with Gasteiger partial charge >= 0.3 is 6.03 Å². The molecule has 0 saturated heterocycles. The number of fused-ring (bicyclic) bond motifs is 1. The Morgan fingerprint density at radius 2 is 1.96 bits per heavy atom. The largest absolute Gasteiger partial charge is 0.334 e. The highest BCUT2D eigenvalue weighted by atomic mass is 35.5. The van der Waals surface area contributed by atoms with Crippen molar-refractivity contribution in [2.24, 2.45) is 7.05 Å². The van der Waals surface area contributed by atoms with Crippen LogP contribution in [0.1, 0.15) is 24.4 Å². The Labute approximate surface area is 155 Å². The van der Waals surface area contributed by atoms with E-state index in [1.54, 1.807) is 32.2 Å². The van der Waals surface area contributed by atoms with E-state index < -0.39 is 6.04 Å². The highest BCUT2D eigenvalue weighted by Gasteiger charge is 2.16.